The van der Waals surface area contributed by atoms with E-state index in [0.717, 1.165) is 39.0 Å². The van der Waals surface area contributed by atoms with Crippen molar-refractivity contribution in [3.05, 3.63) is 164 Å². The highest BCUT2D eigenvalue weighted by Gasteiger charge is 2.19. The highest BCUT2D eigenvalue weighted by molar-refractivity contribution is 6.16. The molecule has 0 spiro atoms. The molecule has 2 heteroatoms. The summed E-state index contributed by atoms with van der Waals surface area (Å²) in [5.74, 6) is 0. The van der Waals surface area contributed by atoms with Crippen LogP contribution in [0.3, 0.4) is 0 Å². The molecule has 8 rings (SSSR count). The van der Waals surface area contributed by atoms with Crippen molar-refractivity contribution in [2.45, 2.75) is 0 Å². The third-order valence-electron chi connectivity index (χ3n) is 8.03. The minimum atomic E-state index is 0.882. The van der Waals surface area contributed by atoms with Gasteiger partial charge in [0, 0.05) is 16.8 Å². The van der Waals surface area contributed by atoms with Gasteiger partial charge in [-0.1, -0.05) is 109 Å². The zero-order valence-electron chi connectivity index (χ0n) is 22.9. The van der Waals surface area contributed by atoms with Crippen LogP contribution >= 0.6 is 0 Å². The van der Waals surface area contributed by atoms with Gasteiger partial charge in [0.05, 0.1) is 11.1 Å². The lowest BCUT2D eigenvalue weighted by Crippen LogP contribution is -2.10. The average Bonchev–Trinajstić information content (AvgIpc) is 3.43. The van der Waals surface area contributed by atoms with Crippen molar-refractivity contribution in [3.8, 4) is 22.3 Å². The summed E-state index contributed by atoms with van der Waals surface area (Å²) in [7, 11) is 0. The number of para-hydroxylation sites is 1. The van der Waals surface area contributed by atoms with Crippen LogP contribution in [0.4, 0.5) is 17.1 Å². The van der Waals surface area contributed by atoms with Gasteiger partial charge >= 0.3 is 0 Å². The first-order valence-corrected chi connectivity index (χ1v) is 14.3. The Balaban J connectivity index is 1.27. The average molecular weight is 538 g/mol. The van der Waals surface area contributed by atoms with Crippen LogP contribution in [0.1, 0.15) is 0 Å². The minimum absolute atomic E-state index is 0.882. The maximum absolute atomic E-state index is 6.42. The van der Waals surface area contributed by atoms with Gasteiger partial charge in [0.15, 0.2) is 0 Å². The van der Waals surface area contributed by atoms with Crippen LogP contribution < -0.4 is 4.90 Å². The number of furan rings is 1. The Morgan fingerprint density at radius 2 is 0.952 bits per heavy atom. The number of benzene rings is 7. The van der Waals surface area contributed by atoms with Crippen LogP contribution in [0.2, 0.25) is 0 Å². The summed E-state index contributed by atoms with van der Waals surface area (Å²) >= 11 is 0. The second-order valence-corrected chi connectivity index (χ2v) is 10.6. The molecule has 8 aromatic rings. The Morgan fingerprint density at radius 1 is 0.381 bits per heavy atom. The number of rotatable bonds is 5. The minimum Gasteiger partial charge on any atom is -0.456 e. The molecule has 0 fully saturated rings. The van der Waals surface area contributed by atoms with E-state index in [9.17, 15) is 0 Å². The number of hydrogen-bond acceptors (Lipinski definition) is 2. The molecule has 2 nitrogen and oxygen atoms in total. The van der Waals surface area contributed by atoms with Crippen LogP contribution in [0.15, 0.2) is 168 Å². The maximum atomic E-state index is 6.42. The van der Waals surface area contributed by atoms with Crippen molar-refractivity contribution in [1.29, 1.82) is 0 Å². The molecule has 0 radical (unpaired) electrons. The van der Waals surface area contributed by atoms with Crippen LogP contribution in [-0.2, 0) is 0 Å². The lowest BCUT2D eigenvalue weighted by molar-refractivity contribution is 0.669. The van der Waals surface area contributed by atoms with E-state index in [0.29, 0.717) is 0 Å². The second kappa shape index (κ2) is 10.1. The van der Waals surface area contributed by atoms with Gasteiger partial charge in [-0.25, -0.2) is 0 Å². The lowest BCUT2D eigenvalue weighted by atomic mass is 9.99. The van der Waals surface area contributed by atoms with Crippen molar-refractivity contribution >= 4 is 49.8 Å². The summed E-state index contributed by atoms with van der Waals surface area (Å²) in [4.78, 5) is 2.33. The van der Waals surface area contributed by atoms with Crippen molar-refractivity contribution in [2.75, 3.05) is 4.90 Å². The van der Waals surface area contributed by atoms with E-state index in [2.05, 4.69) is 169 Å². The van der Waals surface area contributed by atoms with E-state index in [4.69, 9.17) is 4.42 Å². The third-order valence-corrected chi connectivity index (χ3v) is 8.03. The molecular formula is C40H27NO. The number of fused-ring (bicyclic) bond motifs is 4. The monoisotopic (exact) mass is 537 g/mol. The van der Waals surface area contributed by atoms with Gasteiger partial charge in [-0.2, -0.15) is 0 Å². The summed E-state index contributed by atoms with van der Waals surface area (Å²) in [5.41, 5.74) is 9.88. The topological polar surface area (TPSA) is 16.4 Å². The van der Waals surface area contributed by atoms with E-state index in [1.165, 1.54) is 33.0 Å². The van der Waals surface area contributed by atoms with Gasteiger partial charge in [0.1, 0.15) is 11.2 Å². The molecule has 0 aliphatic heterocycles. The van der Waals surface area contributed by atoms with Crippen LogP contribution in [-0.4, -0.2) is 0 Å². The first kappa shape index (κ1) is 24.2. The third kappa shape index (κ3) is 4.22. The fraction of sp³-hybridized carbons (Fsp3) is 0. The summed E-state index contributed by atoms with van der Waals surface area (Å²) in [6, 6.07) is 57.9. The van der Waals surface area contributed by atoms with Gasteiger partial charge in [0.25, 0.3) is 0 Å². The molecule has 0 atom stereocenters. The highest BCUT2D eigenvalue weighted by Crippen LogP contribution is 2.43. The number of anilines is 3. The Labute approximate surface area is 244 Å². The van der Waals surface area contributed by atoms with Gasteiger partial charge in [-0.3, -0.25) is 0 Å². The zero-order chi connectivity index (χ0) is 27.9. The van der Waals surface area contributed by atoms with Gasteiger partial charge in [0.2, 0.25) is 0 Å². The molecule has 1 aromatic heterocycles. The zero-order valence-corrected chi connectivity index (χ0v) is 22.9. The summed E-state index contributed by atoms with van der Waals surface area (Å²) in [6.45, 7) is 0. The fourth-order valence-corrected chi connectivity index (χ4v) is 6.00. The normalized spacial score (nSPS) is 11.3. The van der Waals surface area contributed by atoms with E-state index in [1.807, 2.05) is 0 Å². The van der Waals surface area contributed by atoms with E-state index < -0.39 is 0 Å². The number of hydrogen-bond donors (Lipinski definition) is 0. The molecule has 0 saturated carbocycles. The molecule has 0 N–H and O–H groups in total. The van der Waals surface area contributed by atoms with Crippen molar-refractivity contribution < 1.29 is 4.42 Å². The molecule has 0 amide bonds. The summed E-state index contributed by atoms with van der Waals surface area (Å²) in [5, 5.41) is 4.62. The molecule has 42 heavy (non-hydrogen) atoms. The first-order valence-electron chi connectivity index (χ1n) is 14.3. The fourth-order valence-electron chi connectivity index (χ4n) is 6.00. The second-order valence-electron chi connectivity index (χ2n) is 10.6. The molecule has 0 unspecified atom stereocenters. The van der Waals surface area contributed by atoms with Gasteiger partial charge < -0.3 is 9.32 Å². The van der Waals surface area contributed by atoms with E-state index >= 15 is 0 Å². The molecule has 0 aliphatic carbocycles. The maximum Gasteiger partial charge on any atom is 0.137 e. The molecular weight excluding hydrogens is 510 g/mol. The molecule has 198 valence electrons. The summed E-state index contributed by atoms with van der Waals surface area (Å²) < 4.78 is 6.42. The van der Waals surface area contributed by atoms with Crippen molar-refractivity contribution in [3.63, 3.8) is 0 Å². The Bertz CT molecular complexity index is 2180. The molecule has 7 aromatic carbocycles. The molecule has 0 aliphatic rings. The Kier molecular flexibility index (Phi) is 5.82. The van der Waals surface area contributed by atoms with E-state index in [-0.39, 0.29) is 0 Å². The predicted octanol–water partition coefficient (Wildman–Crippen LogP) is 11.5. The highest BCUT2D eigenvalue weighted by atomic mass is 16.3. The SMILES string of the molecule is c1ccc(-c2cccc(-c3ccc(N(c4ccccc4)c4cccc5oc6cc7ccccc7cc6c45)cc3)c2)cc1. The summed E-state index contributed by atoms with van der Waals surface area (Å²) in [6.07, 6.45) is 0. The quantitative estimate of drug-likeness (QED) is 0.217. The largest absolute Gasteiger partial charge is 0.456 e. The van der Waals surface area contributed by atoms with Crippen LogP contribution in [0, 0.1) is 0 Å². The smallest absolute Gasteiger partial charge is 0.137 e. The van der Waals surface area contributed by atoms with Gasteiger partial charge in [-0.15, -0.1) is 0 Å². The Morgan fingerprint density at radius 3 is 1.69 bits per heavy atom. The lowest BCUT2D eigenvalue weighted by Gasteiger charge is -2.26. The van der Waals surface area contributed by atoms with E-state index in [1.54, 1.807) is 0 Å². The molecule has 0 saturated heterocycles. The molecule has 0 bridgehead atoms. The first-order chi connectivity index (χ1) is 20.8. The van der Waals surface area contributed by atoms with Crippen LogP contribution in [0.25, 0.3) is 55.0 Å². The number of nitrogens with zero attached hydrogens (tertiary/aromatic N) is 1. The van der Waals surface area contributed by atoms with Crippen molar-refractivity contribution in [2.24, 2.45) is 0 Å². The standard InChI is InChI=1S/C40H27NO/c1-3-11-28(12-4-1)30-15-9-16-31(25-30)29-21-23-35(24-22-29)41(34-17-5-2-6-18-34)37-19-10-20-38-40(37)36-26-32-13-7-8-14-33(32)27-39(36)42-38/h1-27H. The Hall–Kier alpha value is -5.60. The molecule has 1 heterocycles. The van der Waals surface area contributed by atoms with Crippen LogP contribution in [0.5, 0.6) is 0 Å². The predicted molar refractivity (Wildman–Crippen MR) is 177 cm³/mol. The van der Waals surface area contributed by atoms with Crippen molar-refractivity contribution in [1.82, 2.24) is 0 Å². The van der Waals surface area contributed by atoms with Gasteiger partial charge in [-0.05, 0) is 87.6 Å².